The molecule has 1 aromatic heterocycles. The lowest BCUT2D eigenvalue weighted by atomic mass is 9.69. The van der Waals surface area contributed by atoms with E-state index in [1.807, 2.05) is 6.08 Å². The average Bonchev–Trinajstić information content (AvgIpc) is 2.65. The largest absolute Gasteiger partial charge is 0.299 e. The number of hydrogen-bond donors (Lipinski definition) is 0. The summed E-state index contributed by atoms with van der Waals surface area (Å²) in [5.41, 5.74) is 0.915. The summed E-state index contributed by atoms with van der Waals surface area (Å²) in [7, 11) is 0. The van der Waals surface area contributed by atoms with Crippen LogP contribution >= 0.6 is 0 Å². The molecule has 1 atom stereocenters. The minimum Gasteiger partial charge on any atom is -0.299 e. The van der Waals surface area contributed by atoms with Crippen LogP contribution in [0.1, 0.15) is 38.4 Å². The molecule has 1 saturated carbocycles. The number of tetrazole rings is 1. The molecule has 0 N–H and O–H groups in total. The summed E-state index contributed by atoms with van der Waals surface area (Å²) in [6.07, 6.45) is 5.48. The maximum atomic E-state index is 12.1. The second kappa shape index (κ2) is 3.23. The minimum absolute atomic E-state index is 0.291. The topological polar surface area (TPSA) is 60.7 Å². The number of ketones is 1. The number of aryl methyl sites for hydroxylation is 1. The van der Waals surface area contributed by atoms with E-state index in [4.69, 9.17) is 0 Å². The molecule has 2 aliphatic rings. The van der Waals surface area contributed by atoms with Gasteiger partial charge in [0, 0.05) is 18.4 Å². The van der Waals surface area contributed by atoms with Crippen LogP contribution in [0.4, 0.5) is 0 Å². The molecule has 0 saturated heterocycles. The van der Waals surface area contributed by atoms with E-state index in [1.54, 1.807) is 4.68 Å². The number of nitrogens with zero attached hydrogens (tertiary/aromatic N) is 4. The summed E-state index contributed by atoms with van der Waals surface area (Å²) >= 11 is 0. The van der Waals surface area contributed by atoms with Crippen molar-refractivity contribution >= 4 is 11.9 Å². The summed E-state index contributed by atoms with van der Waals surface area (Å²) in [6.45, 7) is 2.78. The van der Waals surface area contributed by atoms with Crippen LogP contribution in [0.25, 0.3) is 6.08 Å². The first-order valence-corrected chi connectivity index (χ1v) is 5.71. The van der Waals surface area contributed by atoms with E-state index >= 15 is 0 Å². The molecule has 16 heavy (non-hydrogen) atoms. The summed E-state index contributed by atoms with van der Waals surface area (Å²) in [5, 5.41) is 11.6. The lowest BCUT2D eigenvalue weighted by Crippen LogP contribution is -2.33. The number of fused-ring (bicyclic) bond motifs is 2. The standard InChI is InChI=1S/C11H14N4O/c1-11-5-6-15-10(12-13-14-15)7-8(11)3-2-4-9(11)16/h7H,2-6H2,1H3/t11-/m0/s1. The van der Waals surface area contributed by atoms with E-state index in [0.29, 0.717) is 12.2 Å². The summed E-state index contributed by atoms with van der Waals surface area (Å²) < 4.78 is 1.78. The lowest BCUT2D eigenvalue weighted by molar-refractivity contribution is -0.127. The Kier molecular flexibility index (Phi) is 1.96. The molecule has 0 spiro atoms. The van der Waals surface area contributed by atoms with E-state index in [9.17, 15) is 4.79 Å². The predicted molar refractivity (Wildman–Crippen MR) is 57.4 cm³/mol. The second-order valence-electron chi connectivity index (χ2n) is 4.79. The molecule has 0 radical (unpaired) electrons. The Labute approximate surface area is 93.5 Å². The van der Waals surface area contributed by atoms with Crippen molar-refractivity contribution in [3.05, 3.63) is 11.4 Å². The third-order valence-corrected chi connectivity index (χ3v) is 3.86. The monoisotopic (exact) mass is 218 g/mol. The van der Waals surface area contributed by atoms with Gasteiger partial charge in [0.05, 0.1) is 0 Å². The van der Waals surface area contributed by atoms with Gasteiger partial charge in [-0.05, 0) is 42.7 Å². The van der Waals surface area contributed by atoms with Crippen LogP contribution in [-0.2, 0) is 11.3 Å². The summed E-state index contributed by atoms with van der Waals surface area (Å²) in [5.74, 6) is 1.15. The highest BCUT2D eigenvalue weighted by molar-refractivity contribution is 5.90. The molecule has 0 aromatic carbocycles. The zero-order valence-corrected chi connectivity index (χ0v) is 9.31. The summed E-state index contributed by atoms with van der Waals surface area (Å²) in [4.78, 5) is 12.1. The van der Waals surface area contributed by atoms with Crippen molar-refractivity contribution in [1.29, 1.82) is 0 Å². The van der Waals surface area contributed by atoms with Gasteiger partial charge in [0.25, 0.3) is 0 Å². The molecule has 0 amide bonds. The molecule has 84 valence electrons. The van der Waals surface area contributed by atoms with Gasteiger partial charge in [-0.2, -0.15) is 0 Å². The fraction of sp³-hybridized carbons (Fsp3) is 0.636. The SMILES string of the molecule is C[C@]12CCn3nnnc3C=C1CCCC2=O. The van der Waals surface area contributed by atoms with Crippen molar-refractivity contribution in [2.45, 2.75) is 39.2 Å². The van der Waals surface area contributed by atoms with Gasteiger partial charge in [-0.3, -0.25) is 4.79 Å². The third-order valence-electron chi connectivity index (χ3n) is 3.86. The number of rotatable bonds is 0. The molecule has 3 rings (SSSR count). The zero-order chi connectivity index (χ0) is 11.2. The van der Waals surface area contributed by atoms with Gasteiger partial charge < -0.3 is 0 Å². The molecule has 5 nitrogen and oxygen atoms in total. The van der Waals surface area contributed by atoms with E-state index < -0.39 is 0 Å². The van der Waals surface area contributed by atoms with Gasteiger partial charge in [0.2, 0.25) is 0 Å². The van der Waals surface area contributed by atoms with Crippen LogP contribution in [0.5, 0.6) is 0 Å². The van der Waals surface area contributed by atoms with Crippen LogP contribution in [0.15, 0.2) is 5.57 Å². The van der Waals surface area contributed by atoms with Crippen molar-refractivity contribution < 1.29 is 4.79 Å². The molecule has 0 unspecified atom stereocenters. The Morgan fingerprint density at radius 1 is 1.44 bits per heavy atom. The van der Waals surface area contributed by atoms with Crippen molar-refractivity contribution in [1.82, 2.24) is 20.2 Å². The molecule has 2 heterocycles. The highest BCUT2D eigenvalue weighted by Crippen LogP contribution is 2.43. The van der Waals surface area contributed by atoms with Gasteiger partial charge in [-0.15, -0.1) is 5.10 Å². The number of allylic oxidation sites excluding steroid dienone is 1. The fourth-order valence-electron chi connectivity index (χ4n) is 2.66. The van der Waals surface area contributed by atoms with Gasteiger partial charge >= 0.3 is 0 Å². The molecule has 1 aromatic rings. The number of carbonyl (C=O) groups is 1. The smallest absolute Gasteiger partial charge is 0.174 e. The zero-order valence-electron chi connectivity index (χ0n) is 9.31. The van der Waals surface area contributed by atoms with Crippen LogP contribution < -0.4 is 0 Å². The van der Waals surface area contributed by atoms with Crippen LogP contribution in [0.3, 0.4) is 0 Å². The molecular weight excluding hydrogens is 204 g/mol. The van der Waals surface area contributed by atoms with E-state index in [0.717, 1.165) is 31.6 Å². The van der Waals surface area contributed by atoms with Crippen LogP contribution in [0, 0.1) is 5.41 Å². The van der Waals surface area contributed by atoms with E-state index in [-0.39, 0.29) is 5.41 Å². The molecular formula is C11H14N4O. The molecule has 1 aliphatic carbocycles. The number of Topliss-reactive ketones (excluding diaryl/α,β-unsaturated/α-hetero) is 1. The predicted octanol–water partition coefficient (Wildman–Crippen LogP) is 1.22. The lowest BCUT2D eigenvalue weighted by Gasteiger charge is -2.33. The van der Waals surface area contributed by atoms with E-state index in [2.05, 4.69) is 22.4 Å². The average molecular weight is 218 g/mol. The van der Waals surface area contributed by atoms with Crippen molar-refractivity contribution in [3.8, 4) is 0 Å². The van der Waals surface area contributed by atoms with Gasteiger partial charge in [0.15, 0.2) is 5.82 Å². The number of carbonyl (C=O) groups excluding carboxylic acids is 1. The van der Waals surface area contributed by atoms with Crippen molar-refractivity contribution in [2.75, 3.05) is 0 Å². The highest BCUT2D eigenvalue weighted by Gasteiger charge is 2.40. The highest BCUT2D eigenvalue weighted by atomic mass is 16.1. The molecule has 0 bridgehead atoms. The Hall–Kier alpha value is -1.52. The van der Waals surface area contributed by atoms with Gasteiger partial charge in [-0.25, -0.2) is 4.68 Å². The van der Waals surface area contributed by atoms with Crippen molar-refractivity contribution in [2.24, 2.45) is 5.41 Å². The Morgan fingerprint density at radius 3 is 3.19 bits per heavy atom. The Bertz CT molecular complexity index is 476. The maximum absolute atomic E-state index is 12.1. The van der Waals surface area contributed by atoms with Crippen LogP contribution in [0.2, 0.25) is 0 Å². The molecule has 5 heteroatoms. The summed E-state index contributed by atoms with van der Waals surface area (Å²) in [6, 6.07) is 0. The quantitative estimate of drug-likeness (QED) is 0.657. The molecule has 1 fully saturated rings. The molecule has 1 aliphatic heterocycles. The third kappa shape index (κ3) is 1.24. The number of hydrogen-bond acceptors (Lipinski definition) is 4. The fourth-order valence-corrected chi connectivity index (χ4v) is 2.66. The van der Waals surface area contributed by atoms with E-state index in [1.165, 1.54) is 5.57 Å². The van der Waals surface area contributed by atoms with Gasteiger partial charge in [0.1, 0.15) is 5.78 Å². The van der Waals surface area contributed by atoms with Crippen LogP contribution in [-0.4, -0.2) is 26.0 Å². The maximum Gasteiger partial charge on any atom is 0.174 e. The van der Waals surface area contributed by atoms with Crippen molar-refractivity contribution in [3.63, 3.8) is 0 Å². The Balaban J connectivity index is 2.09. The first-order chi connectivity index (χ1) is 7.70. The first-order valence-electron chi connectivity index (χ1n) is 5.71. The Morgan fingerprint density at radius 2 is 2.31 bits per heavy atom. The second-order valence-corrected chi connectivity index (χ2v) is 4.79. The minimum atomic E-state index is -0.291. The normalized spacial score (nSPS) is 29.1. The number of aromatic nitrogens is 4. The first kappa shape index (κ1) is 9.69. The van der Waals surface area contributed by atoms with Gasteiger partial charge in [-0.1, -0.05) is 5.57 Å².